The number of aromatic nitrogens is 1. The van der Waals surface area contributed by atoms with Crippen LogP contribution in [0.25, 0.3) is 0 Å². The third-order valence-electron chi connectivity index (χ3n) is 3.61. The summed E-state index contributed by atoms with van der Waals surface area (Å²) in [5.74, 6) is 0.741. The highest BCUT2D eigenvalue weighted by molar-refractivity contribution is 5.85. The third-order valence-corrected chi connectivity index (χ3v) is 3.61. The second-order valence-electron chi connectivity index (χ2n) is 5.48. The van der Waals surface area contributed by atoms with Gasteiger partial charge in [0.2, 0.25) is 0 Å². The third kappa shape index (κ3) is 4.99. The molecule has 0 radical (unpaired) electrons. The number of aryl methyl sites for hydroxylation is 1. The van der Waals surface area contributed by atoms with Crippen molar-refractivity contribution in [3.8, 4) is 0 Å². The number of piperazine rings is 1. The maximum absolute atomic E-state index is 3.43. The summed E-state index contributed by atoms with van der Waals surface area (Å²) in [5.41, 5.74) is 1.46. The summed E-state index contributed by atoms with van der Waals surface area (Å²) in [6.07, 6.45) is 3.41. The Labute approximate surface area is 129 Å². The van der Waals surface area contributed by atoms with Crippen LogP contribution in [0.4, 0.5) is 0 Å². The summed E-state index contributed by atoms with van der Waals surface area (Å²) in [4.78, 5) is 2.63. The minimum Gasteiger partial charge on any atom is -0.353 e. The lowest BCUT2D eigenvalue weighted by Gasteiger charge is -2.36. The van der Waals surface area contributed by atoms with Crippen LogP contribution in [-0.2, 0) is 7.05 Å². The molecule has 0 aliphatic carbocycles. The topological polar surface area (TPSA) is 20.2 Å². The van der Waals surface area contributed by atoms with Crippen LogP contribution >= 0.6 is 24.8 Å². The van der Waals surface area contributed by atoms with Gasteiger partial charge >= 0.3 is 0 Å². The van der Waals surface area contributed by atoms with Gasteiger partial charge in [0.25, 0.3) is 0 Å². The monoisotopic (exact) mass is 307 g/mol. The van der Waals surface area contributed by atoms with Crippen LogP contribution in [0, 0.1) is 5.92 Å². The molecule has 1 aromatic rings. The minimum atomic E-state index is 0. The maximum atomic E-state index is 3.43. The predicted molar refractivity (Wildman–Crippen MR) is 86.5 cm³/mol. The van der Waals surface area contributed by atoms with E-state index in [-0.39, 0.29) is 24.8 Å². The number of hydrogen-bond acceptors (Lipinski definition) is 2. The molecular formula is C14H27Cl2N3. The van der Waals surface area contributed by atoms with E-state index in [9.17, 15) is 0 Å². The zero-order chi connectivity index (χ0) is 12.3. The van der Waals surface area contributed by atoms with E-state index in [1.807, 2.05) is 0 Å². The largest absolute Gasteiger partial charge is 0.353 e. The molecule has 5 heteroatoms. The molecule has 1 saturated heterocycles. The first-order chi connectivity index (χ1) is 8.18. The van der Waals surface area contributed by atoms with E-state index >= 15 is 0 Å². The lowest BCUT2D eigenvalue weighted by Crippen LogP contribution is -2.45. The summed E-state index contributed by atoms with van der Waals surface area (Å²) >= 11 is 0. The lowest BCUT2D eigenvalue weighted by molar-refractivity contribution is 0.148. The van der Waals surface area contributed by atoms with E-state index in [4.69, 9.17) is 0 Å². The molecule has 0 saturated carbocycles. The van der Waals surface area contributed by atoms with Gasteiger partial charge in [-0.25, -0.2) is 0 Å². The van der Waals surface area contributed by atoms with Gasteiger partial charge in [0.1, 0.15) is 0 Å². The van der Waals surface area contributed by atoms with E-state index in [1.54, 1.807) is 0 Å². The summed E-state index contributed by atoms with van der Waals surface area (Å²) in [5, 5.41) is 3.43. The predicted octanol–water partition coefficient (Wildman–Crippen LogP) is 2.86. The first-order valence-corrected chi connectivity index (χ1v) is 6.74. The van der Waals surface area contributed by atoms with Crippen LogP contribution in [0.5, 0.6) is 0 Å². The molecule has 112 valence electrons. The number of hydrogen-bond donors (Lipinski definition) is 1. The first kappa shape index (κ1) is 18.8. The van der Waals surface area contributed by atoms with Gasteiger partial charge in [-0.05, 0) is 24.5 Å². The summed E-state index contributed by atoms with van der Waals surface area (Å²) < 4.78 is 2.27. The van der Waals surface area contributed by atoms with Crippen molar-refractivity contribution in [2.24, 2.45) is 13.0 Å². The Morgan fingerprint density at radius 2 is 1.84 bits per heavy atom. The number of halogens is 2. The van der Waals surface area contributed by atoms with E-state index in [1.165, 1.54) is 25.2 Å². The van der Waals surface area contributed by atoms with Gasteiger partial charge in [-0.2, -0.15) is 0 Å². The Hall–Kier alpha value is -0.220. The Bertz CT molecular complexity index is 346. The molecule has 1 aromatic heterocycles. The highest BCUT2D eigenvalue weighted by Crippen LogP contribution is 2.27. The van der Waals surface area contributed by atoms with Gasteiger partial charge in [0.05, 0.1) is 6.04 Å². The molecule has 0 bridgehead atoms. The Balaban J connectivity index is 0.00000162. The second kappa shape index (κ2) is 8.85. The van der Waals surface area contributed by atoms with Gasteiger partial charge in [-0.1, -0.05) is 13.8 Å². The zero-order valence-electron chi connectivity index (χ0n) is 12.1. The molecule has 3 nitrogen and oxygen atoms in total. The minimum absolute atomic E-state index is 0. The molecule has 1 atom stereocenters. The van der Waals surface area contributed by atoms with Crippen molar-refractivity contribution in [2.75, 3.05) is 26.2 Å². The quantitative estimate of drug-likeness (QED) is 0.923. The standard InChI is InChI=1S/C14H25N3.2ClH/c1-12(2)11-14(13-5-4-8-16(13)3)17-9-6-15-7-10-17;;/h4-5,8,12,14-15H,6-7,9-11H2,1-3H3;2*1H/t14-;;/m0../s1. The molecule has 1 fully saturated rings. The molecule has 1 aliphatic heterocycles. The van der Waals surface area contributed by atoms with Crippen molar-refractivity contribution in [2.45, 2.75) is 26.3 Å². The second-order valence-corrected chi connectivity index (χ2v) is 5.48. The fraction of sp³-hybridized carbons (Fsp3) is 0.714. The average molecular weight is 308 g/mol. The van der Waals surface area contributed by atoms with Crippen molar-refractivity contribution in [3.05, 3.63) is 24.0 Å². The summed E-state index contributed by atoms with van der Waals surface area (Å²) in [6, 6.07) is 5.01. The van der Waals surface area contributed by atoms with Crippen LogP contribution in [0.3, 0.4) is 0 Å². The molecule has 0 amide bonds. The number of nitrogens with one attached hydrogen (secondary N) is 1. The van der Waals surface area contributed by atoms with Gasteiger partial charge in [-0.3, -0.25) is 4.90 Å². The number of nitrogens with zero attached hydrogens (tertiary/aromatic N) is 2. The zero-order valence-corrected chi connectivity index (χ0v) is 13.8. The first-order valence-electron chi connectivity index (χ1n) is 6.74. The van der Waals surface area contributed by atoms with E-state index in [0.717, 1.165) is 19.0 Å². The van der Waals surface area contributed by atoms with Gasteiger partial charge < -0.3 is 9.88 Å². The molecule has 2 rings (SSSR count). The number of rotatable bonds is 4. The van der Waals surface area contributed by atoms with Crippen LogP contribution < -0.4 is 5.32 Å². The highest BCUT2D eigenvalue weighted by atomic mass is 35.5. The maximum Gasteiger partial charge on any atom is 0.0503 e. The van der Waals surface area contributed by atoms with Gasteiger partial charge in [0, 0.05) is 45.1 Å². The molecule has 1 N–H and O–H groups in total. The van der Waals surface area contributed by atoms with Gasteiger partial charge in [-0.15, -0.1) is 24.8 Å². The SMILES string of the molecule is CC(C)C[C@@H](c1cccn1C)N1CCNCC1.Cl.Cl. The van der Waals surface area contributed by atoms with Crippen LogP contribution in [0.2, 0.25) is 0 Å². The van der Waals surface area contributed by atoms with Crippen molar-refractivity contribution in [1.82, 2.24) is 14.8 Å². The van der Waals surface area contributed by atoms with Crippen molar-refractivity contribution < 1.29 is 0 Å². The average Bonchev–Trinajstić information content (AvgIpc) is 2.73. The molecule has 0 unspecified atom stereocenters. The molecular weight excluding hydrogens is 281 g/mol. The Kier molecular flexibility index (Phi) is 8.75. The van der Waals surface area contributed by atoms with Crippen molar-refractivity contribution in [1.29, 1.82) is 0 Å². The van der Waals surface area contributed by atoms with E-state index in [0.29, 0.717) is 6.04 Å². The Morgan fingerprint density at radius 1 is 1.21 bits per heavy atom. The Morgan fingerprint density at radius 3 is 2.32 bits per heavy atom. The van der Waals surface area contributed by atoms with Crippen LogP contribution in [-0.4, -0.2) is 35.6 Å². The summed E-state index contributed by atoms with van der Waals surface area (Å²) in [7, 11) is 2.16. The molecule has 19 heavy (non-hydrogen) atoms. The lowest BCUT2D eigenvalue weighted by atomic mass is 9.99. The van der Waals surface area contributed by atoms with E-state index in [2.05, 4.69) is 54.0 Å². The highest BCUT2D eigenvalue weighted by Gasteiger charge is 2.24. The van der Waals surface area contributed by atoms with Crippen molar-refractivity contribution >= 4 is 24.8 Å². The van der Waals surface area contributed by atoms with Crippen molar-refractivity contribution in [3.63, 3.8) is 0 Å². The normalized spacial score (nSPS) is 17.7. The summed E-state index contributed by atoms with van der Waals surface area (Å²) in [6.45, 7) is 9.22. The smallest absolute Gasteiger partial charge is 0.0503 e. The fourth-order valence-electron chi connectivity index (χ4n) is 2.72. The molecule has 1 aliphatic rings. The molecule has 0 spiro atoms. The molecule has 2 heterocycles. The van der Waals surface area contributed by atoms with Gasteiger partial charge in [0.15, 0.2) is 0 Å². The van der Waals surface area contributed by atoms with Crippen LogP contribution in [0.1, 0.15) is 32.0 Å². The van der Waals surface area contributed by atoms with Crippen LogP contribution in [0.15, 0.2) is 18.3 Å². The fourth-order valence-corrected chi connectivity index (χ4v) is 2.72. The van der Waals surface area contributed by atoms with E-state index < -0.39 is 0 Å². The molecule has 0 aromatic carbocycles.